The number of morpholine rings is 1. The molecule has 0 radical (unpaired) electrons. The number of rotatable bonds is 5. The zero-order chi connectivity index (χ0) is 16.9. The highest BCUT2D eigenvalue weighted by Gasteiger charge is 2.25. The van der Waals surface area contributed by atoms with E-state index in [0.717, 1.165) is 34.7 Å². The van der Waals surface area contributed by atoms with Crippen LogP contribution >= 0.6 is 23.1 Å². The number of aromatic nitrogens is 3. The fourth-order valence-electron chi connectivity index (χ4n) is 2.69. The summed E-state index contributed by atoms with van der Waals surface area (Å²) in [5.41, 5.74) is 1.29. The molecule has 1 atom stereocenters. The third kappa shape index (κ3) is 4.18. The fraction of sp³-hybridized carbons (Fsp3) is 0.278. The second-order valence-corrected chi connectivity index (χ2v) is 7.59. The number of thioether (sulfide) groups is 1. The molecule has 0 bridgehead atoms. The van der Waals surface area contributed by atoms with Crippen molar-refractivity contribution < 1.29 is 4.74 Å². The van der Waals surface area contributed by atoms with Crippen LogP contribution in [0.2, 0.25) is 0 Å². The molecule has 4 rings (SSSR count). The highest BCUT2D eigenvalue weighted by Crippen LogP contribution is 2.27. The molecule has 0 aliphatic carbocycles. The predicted molar refractivity (Wildman–Crippen MR) is 101 cm³/mol. The van der Waals surface area contributed by atoms with Gasteiger partial charge in [-0.2, -0.15) is 0 Å². The Balaban J connectivity index is 1.43. The largest absolute Gasteiger partial charge is 0.367 e. The van der Waals surface area contributed by atoms with Crippen molar-refractivity contribution in [3.05, 3.63) is 64.9 Å². The van der Waals surface area contributed by atoms with Gasteiger partial charge in [0.25, 0.3) is 0 Å². The number of anilines is 1. The Morgan fingerprint density at radius 3 is 3.00 bits per heavy atom. The normalized spacial score (nSPS) is 17.6. The summed E-state index contributed by atoms with van der Waals surface area (Å²) in [6.45, 7) is 2.26. The van der Waals surface area contributed by atoms with E-state index >= 15 is 0 Å². The van der Waals surface area contributed by atoms with Gasteiger partial charge in [-0.25, -0.2) is 9.97 Å². The van der Waals surface area contributed by atoms with E-state index in [1.807, 2.05) is 30.0 Å². The highest BCUT2D eigenvalue weighted by molar-refractivity contribution is 7.98. The lowest BCUT2D eigenvalue weighted by molar-refractivity contribution is 0.0393. The Hall–Kier alpha value is -1.96. The molecule has 25 heavy (non-hydrogen) atoms. The molecule has 3 heterocycles. The Bertz CT molecular complexity index is 798. The van der Waals surface area contributed by atoms with Crippen LogP contribution in [0.4, 0.5) is 5.82 Å². The van der Waals surface area contributed by atoms with Gasteiger partial charge < -0.3 is 9.64 Å². The quantitative estimate of drug-likeness (QED) is 0.637. The first-order valence-corrected chi connectivity index (χ1v) is 10.00. The average molecular weight is 371 g/mol. The van der Waals surface area contributed by atoms with Crippen LogP contribution in [0.1, 0.15) is 16.7 Å². The van der Waals surface area contributed by atoms with Crippen molar-refractivity contribution in [2.75, 3.05) is 24.6 Å². The van der Waals surface area contributed by atoms with E-state index in [1.165, 1.54) is 5.56 Å². The predicted octanol–water partition coefficient (Wildman–Crippen LogP) is 3.80. The van der Waals surface area contributed by atoms with Gasteiger partial charge in [0.1, 0.15) is 22.0 Å². The fourth-order valence-corrected chi connectivity index (χ4v) is 4.17. The van der Waals surface area contributed by atoms with Crippen molar-refractivity contribution in [1.82, 2.24) is 15.0 Å². The molecule has 5 nitrogen and oxygen atoms in total. The summed E-state index contributed by atoms with van der Waals surface area (Å²) in [6, 6.07) is 10.4. The van der Waals surface area contributed by atoms with E-state index in [1.54, 1.807) is 23.1 Å². The second kappa shape index (κ2) is 7.95. The molecular weight excluding hydrogens is 352 g/mol. The van der Waals surface area contributed by atoms with Gasteiger partial charge in [0.2, 0.25) is 0 Å². The maximum absolute atomic E-state index is 5.86. The molecule has 1 fully saturated rings. The monoisotopic (exact) mass is 370 g/mol. The Kier molecular flexibility index (Phi) is 5.25. The molecule has 1 aromatic carbocycles. The lowest BCUT2D eigenvalue weighted by Gasteiger charge is -2.32. The van der Waals surface area contributed by atoms with Gasteiger partial charge in [0.05, 0.1) is 25.5 Å². The molecule has 0 amide bonds. The molecule has 128 valence electrons. The van der Waals surface area contributed by atoms with Crippen molar-refractivity contribution in [2.45, 2.75) is 16.9 Å². The minimum Gasteiger partial charge on any atom is -0.367 e. The molecule has 1 unspecified atom stereocenters. The standard InChI is InChI=1S/C18H18N4OS2/c1-2-4-14(5-3-1)13-25-17-11-19-10-16(21-17)22-7-8-23-15(12-22)18-20-6-9-24-18/h1-6,9-11,15H,7-8,12-13H2. The number of ether oxygens (including phenoxy) is 1. The van der Waals surface area contributed by atoms with E-state index in [4.69, 9.17) is 9.72 Å². The van der Waals surface area contributed by atoms with E-state index in [0.29, 0.717) is 6.61 Å². The van der Waals surface area contributed by atoms with Crippen LogP contribution in [0.25, 0.3) is 0 Å². The molecule has 1 saturated heterocycles. The number of thiazole rings is 1. The molecule has 1 aliphatic rings. The van der Waals surface area contributed by atoms with Gasteiger partial charge in [-0.05, 0) is 5.56 Å². The van der Waals surface area contributed by atoms with E-state index in [2.05, 4.69) is 39.1 Å². The molecule has 1 aliphatic heterocycles. The molecule has 2 aromatic heterocycles. The van der Waals surface area contributed by atoms with Gasteiger partial charge in [-0.3, -0.25) is 4.98 Å². The summed E-state index contributed by atoms with van der Waals surface area (Å²) in [4.78, 5) is 15.8. The molecule has 0 spiro atoms. The van der Waals surface area contributed by atoms with Gasteiger partial charge in [0.15, 0.2) is 0 Å². The number of hydrogen-bond acceptors (Lipinski definition) is 7. The van der Waals surface area contributed by atoms with Crippen LogP contribution in [0.3, 0.4) is 0 Å². The van der Waals surface area contributed by atoms with Crippen molar-refractivity contribution in [3.8, 4) is 0 Å². The number of hydrogen-bond donors (Lipinski definition) is 0. The first-order chi connectivity index (χ1) is 12.4. The van der Waals surface area contributed by atoms with Crippen molar-refractivity contribution in [1.29, 1.82) is 0 Å². The van der Waals surface area contributed by atoms with Crippen molar-refractivity contribution in [3.63, 3.8) is 0 Å². The van der Waals surface area contributed by atoms with Crippen LogP contribution in [0.5, 0.6) is 0 Å². The Morgan fingerprint density at radius 2 is 2.16 bits per heavy atom. The summed E-state index contributed by atoms with van der Waals surface area (Å²) in [5.74, 6) is 1.80. The summed E-state index contributed by atoms with van der Waals surface area (Å²) in [6.07, 6.45) is 5.49. The van der Waals surface area contributed by atoms with Crippen LogP contribution in [-0.4, -0.2) is 34.6 Å². The lowest BCUT2D eigenvalue weighted by Crippen LogP contribution is -2.38. The van der Waals surface area contributed by atoms with Crippen LogP contribution < -0.4 is 4.90 Å². The molecule has 0 saturated carbocycles. The van der Waals surface area contributed by atoms with Gasteiger partial charge in [-0.15, -0.1) is 23.1 Å². The van der Waals surface area contributed by atoms with Gasteiger partial charge >= 0.3 is 0 Å². The Labute approximate surface area is 155 Å². The van der Waals surface area contributed by atoms with Crippen LogP contribution in [0.15, 0.2) is 59.3 Å². The summed E-state index contributed by atoms with van der Waals surface area (Å²) < 4.78 is 5.86. The minimum absolute atomic E-state index is 0.0103. The third-order valence-corrected chi connectivity index (χ3v) is 5.78. The molecular formula is C18H18N4OS2. The van der Waals surface area contributed by atoms with E-state index in [-0.39, 0.29) is 6.10 Å². The lowest BCUT2D eigenvalue weighted by atomic mass is 10.2. The molecule has 7 heteroatoms. The van der Waals surface area contributed by atoms with Crippen LogP contribution in [-0.2, 0) is 10.5 Å². The summed E-state index contributed by atoms with van der Waals surface area (Å²) >= 11 is 3.34. The first kappa shape index (κ1) is 16.5. The van der Waals surface area contributed by atoms with Crippen molar-refractivity contribution in [2.24, 2.45) is 0 Å². The van der Waals surface area contributed by atoms with E-state index in [9.17, 15) is 0 Å². The first-order valence-electron chi connectivity index (χ1n) is 8.13. The highest BCUT2D eigenvalue weighted by atomic mass is 32.2. The average Bonchev–Trinajstić information content (AvgIpc) is 3.22. The van der Waals surface area contributed by atoms with Gasteiger partial charge in [0, 0.05) is 23.9 Å². The third-order valence-electron chi connectivity index (χ3n) is 3.95. The summed E-state index contributed by atoms with van der Waals surface area (Å²) in [7, 11) is 0. The van der Waals surface area contributed by atoms with Gasteiger partial charge in [-0.1, -0.05) is 30.3 Å². The maximum atomic E-state index is 5.86. The summed E-state index contributed by atoms with van der Waals surface area (Å²) in [5, 5.41) is 3.95. The van der Waals surface area contributed by atoms with Crippen molar-refractivity contribution >= 4 is 28.9 Å². The smallest absolute Gasteiger partial charge is 0.148 e. The maximum Gasteiger partial charge on any atom is 0.148 e. The Morgan fingerprint density at radius 1 is 1.24 bits per heavy atom. The molecule has 0 N–H and O–H groups in total. The van der Waals surface area contributed by atoms with Crippen LogP contribution in [0, 0.1) is 0 Å². The number of nitrogens with zero attached hydrogens (tertiary/aromatic N) is 4. The van der Waals surface area contributed by atoms with E-state index < -0.39 is 0 Å². The minimum atomic E-state index is 0.0103. The number of benzene rings is 1. The molecule has 3 aromatic rings. The topological polar surface area (TPSA) is 51.1 Å². The SMILES string of the molecule is c1ccc(CSc2cncc(N3CCOC(c4nccs4)C3)n2)cc1. The zero-order valence-corrected chi connectivity index (χ0v) is 15.2. The zero-order valence-electron chi connectivity index (χ0n) is 13.6. The second-order valence-electron chi connectivity index (χ2n) is 5.67.